The lowest BCUT2D eigenvalue weighted by Gasteiger charge is -2.46. The van der Waals surface area contributed by atoms with E-state index in [1.165, 1.54) is 12.8 Å². The van der Waals surface area contributed by atoms with Crippen LogP contribution in [0.5, 0.6) is 0 Å². The van der Waals surface area contributed by atoms with Crippen LogP contribution in [0.2, 0.25) is 0 Å². The zero-order valence-electron chi connectivity index (χ0n) is 15.1. The summed E-state index contributed by atoms with van der Waals surface area (Å²) in [5.74, 6) is 1.02. The van der Waals surface area contributed by atoms with Crippen molar-refractivity contribution in [2.75, 3.05) is 10.2 Å². The highest BCUT2D eigenvalue weighted by atomic mass is 16.2. The second-order valence-electron chi connectivity index (χ2n) is 7.45. The smallest absolute Gasteiger partial charge is 0.224 e. The fourth-order valence-electron chi connectivity index (χ4n) is 4.33. The van der Waals surface area contributed by atoms with Gasteiger partial charge in [0.2, 0.25) is 5.91 Å². The van der Waals surface area contributed by atoms with Crippen LogP contribution in [0.15, 0.2) is 48.5 Å². The first-order chi connectivity index (χ1) is 12.6. The van der Waals surface area contributed by atoms with Crippen LogP contribution >= 0.6 is 0 Å². The lowest BCUT2D eigenvalue weighted by Crippen LogP contribution is -2.51. The van der Waals surface area contributed by atoms with Gasteiger partial charge in [-0.15, -0.1) is 0 Å². The van der Waals surface area contributed by atoms with Crippen LogP contribution in [0.1, 0.15) is 43.9 Å². The van der Waals surface area contributed by atoms with Crippen molar-refractivity contribution < 1.29 is 4.79 Å². The second-order valence-corrected chi connectivity index (χ2v) is 7.45. The lowest BCUT2D eigenvalue weighted by molar-refractivity contribution is -0.117. The Morgan fingerprint density at radius 3 is 2.46 bits per heavy atom. The maximum Gasteiger partial charge on any atom is 0.224 e. The minimum Gasteiger partial charge on any atom is -0.378 e. The van der Waals surface area contributed by atoms with E-state index in [0.29, 0.717) is 17.4 Å². The molecule has 132 valence electrons. The largest absolute Gasteiger partial charge is 0.378 e. The number of carbonyl (C=O) groups is 1. The Bertz CT molecular complexity index is 864. The Hall–Kier alpha value is -2.80. The number of nitrogens with zero attached hydrogens (tertiary/aromatic N) is 2. The molecule has 1 heterocycles. The van der Waals surface area contributed by atoms with E-state index in [2.05, 4.69) is 30.4 Å². The number of nitrogens with one attached hydrogen (secondary N) is 1. The summed E-state index contributed by atoms with van der Waals surface area (Å²) in [6, 6.07) is 18.3. The van der Waals surface area contributed by atoms with Crippen LogP contribution in [0.3, 0.4) is 0 Å². The topological polar surface area (TPSA) is 56.1 Å². The second kappa shape index (κ2) is 6.49. The van der Waals surface area contributed by atoms with E-state index in [1.54, 1.807) is 6.92 Å². The molecule has 26 heavy (non-hydrogen) atoms. The number of rotatable bonds is 3. The average Bonchev–Trinajstić information content (AvgIpc) is 3.48. The van der Waals surface area contributed by atoms with Gasteiger partial charge in [0.05, 0.1) is 17.7 Å². The predicted octanol–water partition coefficient (Wildman–Crippen LogP) is 4.49. The number of hydrogen-bond donors (Lipinski definition) is 1. The Kier molecular flexibility index (Phi) is 4.16. The zero-order valence-corrected chi connectivity index (χ0v) is 15.1. The highest BCUT2D eigenvalue weighted by Crippen LogP contribution is 2.49. The average molecular weight is 345 g/mol. The fraction of sp³-hybridized carbons (Fsp3) is 0.364. The van der Waals surface area contributed by atoms with Crippen molar-refractivity contribution in [1.82, 2.24) is 0 Å². The van der Waals surface area contributed by atoms with Gasteiger partial charge in [0.1, 0.15) is 0 Å². The lowest BCUT2D eigenvalue weighted by atomic mass is 9.80. The van der Waals surface area contributed by atoms with Gasteiger partial charge in [0.25, 0.3) is 0 Å². The molecular formula is C22H23N3O. The van der Waals surface area contributed by atoms with Gasteiger partial charge in [0.15, 0.2) is 0 Å². The molecule has 0 spiro atoms. The van der Waals surface area contributed by atoms with Gasteiger partial charge >= 0.3 is 0 Å². The molecule has 0 aromatic heterocycles. The van der Waals surface area contributed by atoms with Gasteiger partial charge in [-0.2, -0.15) is 5.26 Å². The molecule has 0 bridgehead atoms. The zero-order chi connectivity index (χ0) is 18.3. The molecule has 1 N–H and O–H groups in total. The molecule has 2 aromatic rings. The number of para-hydroxylation sites is 1. The minimum atomic E-state index is 0.123. The van der Waals surface area contributed by atoms with E-state index in [9.17, 15) is 4.79 Å². The Morgan fingerprint density at radius 2 is 1.85 bits per heavy atom. The van der Waals surface area contributed by atoms with E-state index in [4.69, 9.17) is 5.26 Å². The molecule has 1 amide bonds. The Labute approximate surface area is 154 Å². The number of hydrogen-bond acceptors (Lipinski definition) is 3. The van der Waals surface area contributed by atoms with Gasteiger partial charge in [-0.3, -0.25) is 4.79 Å². The molecule has 0 saturated heterocycles. The van der Waals surface area contributed by atoms with Crippen LogP contribution in [0, 0.1) is 23.2 Å². The molecule has 2 aromatic carbocycles. The molecular weight excluding hydrogens is 322 g/mol. The summed E-state index contributed by atoms with van der Waals surface area (Å²) in [6.45, 7) is 3.92. The van der Waals surface area contributed by atoms with Crippen LogP contribution in [0.4, 0.5) is 11.4 Å². The van der Waals surface area contributed by atoms with Crippen molar-refractivity contribution in [3.63, 3.8) is 0 Å². The summed E-state index contributed by atoms with van der Waals surface area (Å²) in [4.78, 5) is 14.5. The fourth-order valence-corrected chi connectivity index (χ4v) is 4.33. The predicted molar refractivity (Wildman–Crippen MR) is 103 cm³/mol. The normalized spacial score (nSPS) is 24.5. The number of carbonyl (C=O) groups excluding carboxylic acids is 1. The maximum absolute atomic E-state index is 12.5. The Morgan fingerprint density at radius 1 is 1.15 bits per heavy atom. The van der Waals surface area contributed by atoms with E-state index in [-0.39, 0.29) is 18.0 Å². The molecule has 2 aliphatic rings. The van der Waals surface area contributed by atoms with Crippen molar-refractivity contribution in [3.05, 3.63) is 59.7 Å². The van der Waals surface area contributed by atoms with Crippen molar-refractivity contribution in [2.24, 2.45) is 11.8 Å². The highest BCUT2D eigenvalue weighted by molar-refractivity contribution is 5.94. The van der Waals surface area contributed by atoms with Crippen molar-refractivity contribution in [2.45, 2.75) is 38.8 Å². The summed E-state index contributed by atoms with van der Waals surface area (Å²) in [5.41, 5.74) is 3.85. The summed E-state index contributed by atoms with van der Waals surface area (Å²) < 4.78 is 0. The number of fused-ring (bicyclic) bond motifs is 1. The van der Waals surface area contributed by atoms with E-state index in [1.807, 2.05) is 41.3 Å². The molecule has 3 atom stereocenters. The molecule has 1 fully saturated rings. The molecule has 0 radical (unpaired) electrons. The monoisotopic (exact) mass is 345 g/mol. The van der Waals surface area contributed by atoms with Gasteiger partial charge in [-0.1, -0.05) is 25.1 Å². The number of nitriles is 1. The molecule has 1 aliphatic carbocycles. The first-order valence-electron chi connectivity index (χ1n) is 9.25. The third kappa shape index (κ3) is 2.84. The number of benzene rings is 2. The maximum atomic E-state index is 12.5. The van der Waals surface area contributed by atoms with Crippen molar-refractivity contribution in [3.8, 4) is 6.07 Å². The quantitative estimate of drug-likeness (QED) is 0.891. The van der Waals surface area contributed by atoms with Crippen molar-refractivity contribution in [1.29, 1.82) is 5.26 Å². The molecule has 3 unspecified atom stereocenters. The molecule has 4 heteroatoms. The summed E-state index contributed by atoms with van der Waals surface area (Å²) in [5, 5.41) is 12.7. The van der Waals surface area contributed by atoms with Gasteiger partial charge in [-0.05, 0) is 54.7 Å². The summed E-state index contributed by atoms with van der Waals surface area (Å²) in [6.07, 6.45) is 2.40. The summed E-state index contributed by atoms with van der Waals surface area (Å²) >= 11 is 0. The molecule has 1 aliphatic heterocycles. The van der Waals surface area contributed by atoms with Crippen LogP contribution in [0.25, 0.3) is 0 Å². The number of anilines is 2. The van der Waals surface area contributed by atoms with Gasteiger partial charge in [-0.25, -0.2) is 0 Å². The summed E-state index contributed by atoms with van der Waals surface area (Å²) in [7, 11) is 0. The van der Waals surface area contributed by atoms with E-state index >= 15 is 0 Å². The van der Waals surface area contributed by atoms with Crippen molar-refractivity contribution >= 4 is 17.3 Å². The molecule has 1 saturated carbocycles. The number of amides is 1. The molecule has 4 rings (SSSR count). The standard InChI is InChI=1S/C22H23N3O/c1-14-21(24-18-11-7-16(13-23)8-12-18)19-5-3-4-6-20(19)25(15(2)26)22(14)17-9-10-17/h3-8,11-12,14,17,21-22,24H,9-10H2,1-2H3. The van der Waals surface area contributed by atoms with Crippen LogP contribution in [-0.4, -0.2) is 11.9 Å². The first-order valence-corrected chi connectivity index (χ1v) is 9.25. The Balaban J connectivity index is 1.74. The van der Waals surface area contributed by atoms with Crippen LogP contribution in [-0.2, 0) is 4.79 Å². The van der Waals surface area contributed by atoms with E-state index < -0.39 is 0 Å². The SMILES string of the molecule is CC(=O)N1c2ccccc2C(Nc2ccc(C#N)cc2)C(C)C1C1CC1. The first kappa shape index (κ1) is 16.7. The third-order valence-corrected chi connectivity index (χ3v) is 5.67. The van der Waals surface area contributed by atoms with Gasteiger partial charge in [0, 0.05) is 30.3 Å². The van der Waals surface area contributed by atoms with Gasteiger partial charge < -0.3 is 10.2 Å². The minimum absolute atomic E-state index is 0.123. The molecule has 4 nitrogen and oxygen atoms in total. The van der Waals surface area contributed by atoms with E-state index in [0.717, 1.165) is 16.9 Å². The highest BCUT2D eigenvalue weighted by Gasteiger charge is 2.47. The third-order valence-electron chi connectivity index (χ3n) is 5.67. The van der Waals surface area contributed by atoms with Crippen LogP contribution < -0.4 is 10.2 Å².